The molecule has 0 amide bonds. The van der Waals surface area contributed by atoms with Crippen LogP contribution < -0.4 is 0 Å². The molecule has 0 aromatic rings. The van der Waals surface area contributed by atoms with Gasteiger partial charge in [-0.1, -0.05) is 37.5 Å². The zero-order valence-corrected chi connectivity index (χ0v) is 8.93. The first-order valence-electron chi connectivity index (χ1n) is 4.55. The lowest BCUT2D eigenvalue weighted by atomic mass is 9.90. The van der Waals surface area contributed by atoms with E-state index in [9.17, 15) is 13.2 Å². The van der Waals surface area contributed by atoms with Crippen molar-refractivity contribution in [3.8, 4) is 0 Å². The van der Waals surface area contributed by atoms with Crippen molar-refractivity contribution in [1.29, 1.82) is 0 Å². The second-order valence-corrected chi connectivity index (χ2v) is 3.04. The summed E-state index contributed by atoms with van der Waals surface area (Å²) in [5, 5.41) is 0. The number of hydrogen-bond acceptors (Lipinski definition) is 0. The molecule has 0 bridgehead atoms. The van der Waals surface area contributed by atoms with Gasteiger partial charge in [-0.2, -0.15) is 13.2 Å². The second kappa shape index (κ2) is 5.59. The smallest absolute Gasteiger partial charge is 0.170 e. The largest absolute Gasteiger partial charge is 0.399 e. The highest BCUT2D eigenvalue weighted by molar-refractivity contribution is 5.34. The van der Waals surface area contributed by atoms with E-state index in [0.717, 1.165) is 0 Å². The summed E-state index contributed by atoms with van der Waals surface area (Å²) >= 11 is 0. The standard InChI is InChI=1S/C12H15F3/c1-5-8-9(4)11(12(13,14)15)10(6-2)7-3/h5-8,11H,2,4H2,1,3H3/b8-5-,10-7+. The third-order valence-corrected chi connectivity index (χ3v) is 1.98. The van der Waals surface area contributed by atoms with Gasteiger partial charge in [0.05, 0.1) is 0 Å². The minimum absolute atomic E-state index is 0.0259. The van der Waals surface area contributed by atoms with E-state index in [0.29, 0.717) is 0 Å². The Bertz CT molecular complexity index is 292. The van der Waals surface area contributed by atoms with Gasteiger partial charge in [0.1, 0.15) is 5.92 Å². The summed E-state index contributed by atoms with van der Waals surface area (Å²) in [7, 11) is 0. The van der Waals surface area contributed by atoms with Gasteiger partial charge < -0.3 is 0 Å². The number of halogens is 3. The number of allylic oxidation sites excluding steroid dienone is 6. The Balaban J connectivity index is 5.24. The highest BCUT2D eigenvalue weighted by atomic mass is 19.4. The predicted octanol–water partition coefficient (Wildman–Crippen LogP) is 4.43. The SMILES string of the molecule is C=C/C(=C\C)C(C(=C)/C=C\C)C(F)(F)F. The van der Waals surface area contributed by atoms with Crippen molar-refractivity contribution >= 4 is 0 Å². The molecule has 0 spiro atoms. The molecule has 1 atom stereocenters. The van der Waals surface area contributed by atoms with E-state index in [1.165, 1.54) is 24.3 Å². The topological polar surface area (TPSA) is 0 Å². The highest BCUT2D eigenvalue weighted by Gasteiger charge is 2.41. The number of rotatable bonds is 4. The van der Waals surface area contributed by atoms with Crippen LogP contribution in [0.3, 0.4) is 0 Å². The molecule has 0 N–H and O–H groups in total. The molecule has 0 fully saturated rings. The average Bonchev–Trinajstić information content (AvgIpc) is 2.11. The summed E-state index contributed by atoms with van der Waals surface area (Å²) in [6.07, 6.45) is 1.20. The Hall–Kier alpha value is -1.25. The van der Waals surface area contributed by atoms with Gasteiger partial charge in [-0.15, -0.1) is 0 Å². The molecule has 15 heavy (non-hydrogen) atoms. The summed E-state index contributed by atoms with van der Waals surface area (Å²) in [5.74, 6) is -1.66. The first kappa shape index (κ1) is 13.8. The van der Waals surface area contributed by atoms with Crippen molar-refractivity contribution in [2.45, 2.75) is 20.0 Å². The monoisotopic (exact) mass is 216 g/mol. The van der Waals surface area contributed by atoms with Crippen molar-refractivity contribution in [2.24, 2.45) is 5.92 Å². The maximum atomic E-state index is 12.7. The Morgan fingerprint density at radius 2 is 1.80 bits per heavy atom. The molecule has 1 unspecified atom stereocenters. The summed E-state index contributed by atoms with van der Waals surface area (Å²) in [4.78, 5) is 0. The fourth-order valence-electron chi connectivity index (χ4n) is 1.33. The maximum absolute atomic E-state index is 12.7. The van der Waals surface area contributed by atoms with Crippen molar-refractivity contribution < 1.29 is 13.2 Å². The van der Waals surface area contributed by atoms with Gasteiger partial charge in [0.25, 0.3) is 0 Å². The lowest BCUT2D eigenvalue weighted by Crippen LogP contribution is -2.25. The Morgan fingerprint density at radius 3 is 2.07 bits per heavy atom. The van der Waals surface area contributed by atoms with Crippen LogP contribution in [0.2, 0.25) is 0 Å². The van der Waals surface area contributed by atoms with Crippen LogP contribution in [0.15, 0.2) is 48.6 Å². The number of alkyl halides is 3. The van der Waals surface area contributed by atoms with Crippen LogP contribution >= 0.6 is 0 Å². The molecule has 84 valence electrons. The van der Waals surface area contributed by atoms with Crippen LogP contribution in [0.4, 0.5) is 13.2 Å². The van der Waals surface area contributed by atoms with Gasteiger partial charge in [0.2, 0.25) is 0 Å². The molecule has 0 saturated carbocycles. The third-order valence-electron chi connectivity index (χ3n) is 1.98. The van der Waals surface area contributed by atoms with Crippen LogP contribution in [-0.4, -0.2) is 6.18 Å². The van der Waals surface area contributed by atoms with Crippen LogP contribution in [0.5, 0.6) is 0 Å². The Labute approximate surface area is 88.5 Å². The minimum atomic E-state index is -4.33. The highest BCUT2D eigenvalue weighted by Crippen LogP contribution is 2.37. The van der Waals surface area contributed by atoms with Crippen molar-refractivity contribution in [3.05, 3.63) is 48.6 Å². The van der Waals surface area contributed by atoms with Gasteiger partial charge in [0.15, 0.2) is 0 Å². The molecule has 0 radical (unpaired) electrons. The fraction of sp³-hybridized carbons (Fsp3) is 0.333. The molecular weight excluding hydrogens is 201 g/mol. The van der Waals surface area contributed by atoms with Crippen LogP contribution in [-0.2, 0) is 0 Å². The zero-order chi connectivity index (χ0) is 12.1. The van der Waals surface area contributed by atoms with Crippen molar-refractivity contribution in [1.82, 2.24) is 0 Å². The van der Waals surface area contributed by atoms with Gasteiger partial charge in [-0.05, 0) is 25.0 Å². The van der Waals surface area contributed by atoms with Gasteiger partial charge in [0, 0.05) is 0 Å². The first-order chi connectivity index (χ1) is 6.88. The molecular formula is C12H15F3. The number of hydrogen-bond donors (Lipinski definition) is 0. The lowest BCUT2D eigenvalue weighted by Gasteiger charge is -2.21. The van der Waals surface area contributed by atoms with Gasteiger partial charge in [-0.3, -0.25) is 0 Å². The predicted molar refractivity (Wildman–Crippen MR) is 57.5 cm³/mol. The average molecular weight is 216 g/mol. The Kier molecular flexibility index (Phi) is 5.12. The maximum Gasteiger partial charge on any atom is 0.399 e. The van der Waals surface area contributed by atoms with Crippen molar-refractivity contribution in [2.75, 3.05) is 0 Å². The minimum Gasteiger partial charge on any atom is -0.170 e. The van der Waals surface area contributed by atoms with Crippen LogP contribution in [0, 0.1) is 5.92 Å². The van der Waals surface area contributed by atoms with Gasteiger partial charge in [-0.25, -0.2) is 0 Å². The van der Waals surface area contributed by atoms with Crippen molar-refractivity contribution in [3.63, 3.8) is 0 Å². The molecule has 0 aliphatic rings. The zero-order valence-electron chi connectivity index (χ0n) is 8.93. The van der Waals surface area contributed by atoms with E-state index in [1.807, 2.05) is 0 Å². The summed E-state index contributed by atoms with van der Waals surface area (Å²) in [6.45, 7) is 10.0. The molecule has 0 nitrogen and oxygen atoms in total. The van der Waals surface area contributed by atoms with E-state index in [4.69, 9.17) is 0 Å². The summed E-state index contributed by atoms with van der Waals surface area (Å²) in [5.41, 5.74) is 0.156. The third kappa shape index (κ3) is 3.78. The molecule has 0 aliphatic heterocycles. The molecule has 3 heteroatoms. The molecule has 0 aliphatic carbocycles. The van der Waals surface area contributed by atoms with Gasteiger partial charge >= 0.3 is 6.18 Å². The van der Waals surface area contributed by atoms with E-state index in [2.05, 4.69) is 13.2 Å². The van der Waals surface area contributed by atoms with E-state index in [1.54, 1.807) is 13.8 Å². The summed E-state index contributed by atoms with van der Waals surface area (Å²) < 4.78 is 38.2. The molecule has 0 aromatic carbocycles. The molecule has 0 heterocycles. The molecule has 0 saturated heterocycles. The van der Waals surface area contributed by atoms with E-state index < -0.39 is 12.1 Å². The fourth-order valence-corrected chi connectivity index (χ4v) is 1.33. The Morgan fingerprint density at radius 1 is 1.27 bits per heavy atom. The lowest BCUT2D eigenvalue weighted by molar-refractivity contribution is -0.152. The van der Waals surface area contributed by atoms with Crippen LogP contribution in [0.25, 0.3) is 0 Å². The van der Waals surface area contributed by atoms with E-state index in [-0.39, 0.29) is 11.1 Å². The summed E-state index contributed by atoms with van der Waals surface area (Å²) in [6, 6.07) is 0. The normalized spacial score (nSPS) is 15.4. The second-order valence-electron chi connectivity index (χ2n) is 3.04. The van der Waals surface area contributed by atoms with E-state index >= 15 is 0 Å². The molecule has 0 rings (SSSR count). The molecule has 0 aromatic heterocycles. The van der Waals surface area contributed by atoms with Crippen LogP contribution in [0.1, 0.15) is 13.8 Å². The quantitative estimate of drug-likeness (QED) is 0.610. The first-order valence-corrected chi connectivity index (χ1v) is 4.55.